The number of aryl methyl sites for hydroxylation is 2. The number of hydrogen-bond acceptors (Lipinski definition) is 6. The van der Waals surface area contributed by atoms with Crippen molar-refractivity contribution >= 4 is 96.0 Å². The van der Waals surface area contributed by atoms with Crippen LogP contribution < -0.4 is 10.2 Å². The number of rotatable bonds is 7. The van der Waals surface area contributed by atoms with E-state index in [4.69, 9.17) is 56.4 Å². The number of nitrogens with one attached hydrogen (secondary N) is 1. The van der Waals surface area contributed by atoms with Crippen molar-refractivity contribution in [2.75, 3.05) is 22.1 Å². The van der Waals surface area contributed by atoms with Crippen LogP contribution in [-0.4, -0.2) is 53.0 Å². The van der Waals surface area contributed by atoms with Gasteiger partial charge in [-0.05, 0) is 62.8 Å². The highest BCUT2D eigenvalue weighted by molar-refractivity contribution is 9.09. The molecule has 0 saturated carbocycles. The Bertz CT molecular complexity index is 2320. The molecule has 2 atom stereocenters. The van der Waals surface area contributed by atoms with Gasteiger partial charge in [-0.25, -0.2) is 19.9 Å². The molecule has 8 rings (SSSR count). The summed E-state index contributed by atoms with van der Waals surface area (Å²) in [5.41, 5.74) is 8.00. The molecule has 2 aliphatic rings. The number of nitrogens with zero attached hydrogens (tertiary/aromatic N) is 7. The van der Waals surface area contributed by atoms with Crippen LogP contribution in [-0.2, 0) is 13.1 Å². The highest BCUT2D eigenvalue weighted by Gasteiger charge is 2.31. The van der Waals surface area contributed by atoms with Crippen LogP contribution in [0.2, 0.25) is 20.1 Å². The molecule has 0 saturated heterocycles. The molecule has 0 spiro atoms. The lowest BCUT2D eigenvalue weighted by Crippen LogP contribution is -2.43. The smallest absolute Gasteiger partial charge is 0.157 e. The zero-order valence-corrected chi connectivity index (χ0v) is 37.3. The Morgan fingerprint density at radius 2 is 1.23 bits per heavy atom. The summed E-state index contributed by atoms with van der Waals surface area (Å²) < 4.78 is 4.53. The number of aromatic nitrogens is 6. The molecule has 1 N–H and O–H groups in total. The summed E-state index contributed by atoms with van der Waals surface area (Å²) in [6.45, 7) is 20.0. The molecule has 2 unspecified atom stereocenters. The third-order valence-electron chi connectivity index (χ3n) is 9.78. The van der Waals surface area contributed by atoms with Gasteiger partial charge in [-0.1, -0.05) is 123 Å². The average molecular weight is 904 g/mol. The fourth-order valence-corrected chi connectivity index (χ4v) is 8.20. The third kappa shape index (κ3) is 9.28. The first-order chi connectivity index (χ1) is 26.2. The van der Waals surface area contributed by atoms with E-state index in [9.17, 15) is 0 Å². The maximum atomic E-state index is 6.52. The van der Waals surface area contributed by atoms with Gasteiger partial charge in [0.2, 0.25) is 0 Å². The van der Waals surface area contributed by atoms with Gasteiger partial charge >= 0.3 is 0 Å². The molecule has 2 aromatic carbocycles. The lowest BCUT2D eigenvalue weighted by molar-refractivity contribution is 0.454. The molecule has 2 aliphatic heterocycles. The van der Waals surface area contributed by atoms with E-state index in [1.807, 2.05) is 38.1 Å². The predicted molar refractivity (Wildman–Crippen MR) is 245 cm³/mol. The third-order valence-corrected chi connectivity index (χ3v) is 12.2. The first-order valence-electron chi connectivity index (χ1n) is 19.0. The van der Waals surface area contributed by atoms with E-state index >= 15 is 0 Å². The number of hydrogen-bond donors (Lipinski definition) is 1. The van der Waals surface area contributed by atoms with Gasteiger partial charge in [0.05, 0.1) is 10.0 Å². The molecule has 13 heteroatoms. The number of halogens is 5. The minimum atomic E-state index is 0. The van der Waals surface area contributed by atoms with Gasteiger partial charge < -0.3 is 19.4 Å². The average Bonchev–Trinajstić information content (AvgIpc) is 3.68. The van der Waals surface area contributed by atoms with Gasteiger partial charge in [0.15, 0.2) is 11.6 Å². The largest absolute Gasteiger partial charge is 0.364 e. The number of alkyl halides is 1. The molecule has 0 radical (unpaired) electrons. The van der Waals surface area contributed by atoms with E-state index in [2.05, 4.69) is 99.2 Å². The van der Waals surface area contributed by atoms with Crippen molar-refractivity contribution in [3.8, 4) is 22.3 Å². The zero-order chi connectivity index (χ0) is 39.7. The Morgan fingerprint density at radius 1 is 0.714 bits per heavy atom. The molecule has 0 bridgehead atoms. The summed E-state index contributed by atoms with van der Waals surface area (Å²) in [5, 5.41) is 7.18. The Labute approximate surface area is 360 Å². The molecular formula is C43H53BrCl4N8. The quantitative estimate of drug-likeness (QED) is 0.161. The molecule has 4 aromatic heterocycles. The molecule has 8 nitrogen and oxygen atoms in total. The van der Waals surface area contributed by atoms with Crippen molar-refractivity contribution in [1.82, 2.24) is 29.1 Å². The van der Waals surface area contributed by atoms with Gasteiger partial charge in [-0.3, -0.25) is 0 Å². The molecule has 56 heavy (non-hydrogen) atoms. The second-order valence-electron chi connectivity index (χ2n) is 15.2. The highest BCUT2D eigenvalue weighted by Crippen LogP contribution is 2.42. The van der Waals surface area contributed by atoms with Gasteiger partial charge in [0.25, 0.3) is 0 Å². The van der Waals surface area contributed by atoms with Crippen LogP contribution in [0.5, 0.6) is 0 Å². The van der Waals surface area contributed by atoms with Gasteiger partial charge in [0.1, 0.15) is 33.7 Å². The zero-order valence-electron chi connectivity index (χ0n) is 32.7. The van der Waals surface area contributed by atoms with Crippen LogP contribution in [0, 0.1) is 25.7 Å². The summed E-state index contributed by atoms with van der Waals surface area (Å²) in [4.78, 5) is 21.4. The van der Waals surface area contributed by atoms with Crippen molar-refractivity contribution in [3.05, 3.63) is 80.5 Å². The van der Waals surface area contributed by atoms with Gasteiger partial charge in [-0.2, -0.15) is 0 Å². The molecule has 6 heterocycles. The summed E-state index contributed by atoms with van der Waals surface area (Å²) in [6, 6.07) is 12.0. The minimum absolute atomic E-state index is 0. The fraction of sp³-hybridized carbons (Fsp3) is 0.442. The Kier molecular flexibility index (Phi) is 14.7. The lowest BCUT2D eigenvalue weighted by atomic mass is 10.1. The Morgan fingerprint density at radius 3 is 1.71 bits per heavy atom. The van der Waals surface area contributed by atoms with E-state index in [-0.39, 0.29) is 7.43 Å². The SMILES string of the molecule is C.CC(C)CBr.CCC1Cn2cc(-c3ccc(Cl)cc3Cl)c3nc(C)nc(c32)N1.CCC1Cn2cc(-c3ccc(Cl)cc3Cl)c3nc(C)nc(c32)N1CC(C)C. The van der Waals surface area contributed by atoms with Crippen molar-refractivity contribution in [3.63, 3.8) is 0 Å². The second kappa shape index (κ2) is 18.7. The van der Waals surface area contributed by atoms with E-state index in [1.165, 1.54) is 0 Å². The minimum Gasteiger partial charge on any atom is -0.364 e. The van der Waals surface area contributed by atoms with Gasteiger partial charge in [-0.15, -0.1) is 0 Å². The Balaban J connectivity index is 0.000000190. The summed E-state index contributed by atoms with van der Waals surface area (Å²) >= 11 is 28.4. The summed E-state index contributed by atoms with van der Waals surface area (Å²) in [6.07, 6.45) is 6.42. The fourth-order valence-electron chi connectivity index (χ4n) is 7.18. The monoisotopic (exact) mass is 900 g/mol. The van der Waals surface area contributed by atoms with Crippen LogP contribution in [0.4, 0.5) is 11.6 Å². The predicted octanol–water partition coefficient (Wildman–Crippen LogP) is 13.6. The standard InChI is InChI=1S/C21H24Cl2N4.C17H16Cl2N4.C4H9Br.CH4/c1-5-15-10-26-11-17(16-7-6-14(22)8-18(16)23)19-20(26)21(25-13(4)24-19)27(15)9-12(2)3;1-3-11-7-23-8-13(12-5-4-10(18)6-14(12)19)15-16(23)17(22-11)21-9(2)20-15;1-4(2)3-5;/h6-8,11-12,15H,5,9-10H2,1-4H3;4-6,8,11H,3,7H2,1-2H3,(H,20,21,22);4H,3H2,1-2H3;1H4. The summed E-state index contributed by atoms with van der Waals surface area (Å²) in [7, 11) is 0. The van der Waals surface area contributed by atoms with Crippen LogP contribution in [0.25, 0.3) is 44.3 Å². The second-order valence-corrected chi connectivity index (χ2v) is 17.5. The van der Waals surface area contributed by atoms with E-state index < -0.39 is 0 Å². The first kappa shape index (κ1) is 44.0. The lowest BCUT2D eigenvalue weighted by Gasteiger charge is -2.38. The van der Waals surface area contributed by atoms with Gasteiger partial charge in [0, 0.05) is 81.7 Å². The van der Waals surface area contributed by atoms with E-state index in [0.29, 0.717) is 38.1 Å². The number of anilines is 2. The maximum absolute atomic E-state index is 6.52. The molecule has 6 aromatic rings. The van der Waals surface area contributed by atoms with Crippen LogP contribution in [0.3, 0.4) is 0 Å². The van der Waals surface area contributed by atoms with E-state index in [1.54, 1.807) is 12.1 Å². The van der Waals surface area contributed by atoms with Crippen molar-refractivity contribution in [1.29, 1.82) is 0 Å². The molecule has 0 fully saturated rings. The van der Waals surface area contributed by atoms with E-state index in [0.717, 1.165) is 111 Å². The van der Waals surface area contributed by atoms with Crippen molar-refractivity contribution in [2.24, 2.45) is 11.8 Å². The van der Waals surface area contributed by atoms with Crippen molar-refractivity contribution in [2.45, 2.75) is 101 Å². The molecule has 300 valence electrons. The molecular weight excluding hydrogens is 850 g/mol. The van der Waals surface area contributed by atoms with Crippen LogP contribution in [0.15, 0.2) is 48.8 Å². The van der Waals surface area contributed by atoms with Crippen LogP contribution in [0.1, 0.15) is 73.5 Å². The maximum Gasteiger partial charge on any atom is 0.157 e. The highest BCUT2D eigenvalue weighted by atomic mass is 79.9. The molecule has 0 amide bonds. The van der Waals surface area contributed by atoms with Crippen LogP contribution >= 0.6 is 62.3 Å². The summed E-state index contributed by atoms with van der Waals surface area (Å²) in [5.74, 6) is 4.85. The normalized spacial score (nSPS) is 15.7. The van der Waals surface area contributed by atoms with Crippen molar-refractivity contribution < 1.29 is 0 Å². The molecule has 0 aliphatic carbocycles. The first-order valence-corrected chi connectivity index (χ1v) is 21.6. The Hall–Kier alpha value is -3.08. The topological polar surface area (TPSA) is 76.7 Å². The number of benzene rings is 2.